The fraction of sp³-hybridized carbons (Fsp3) is 0.500. The molecular weight excluding hydrogens is 230 g/mol. The molecule has 1 aliphatic rings. The van der Waals surface area contributed by atoms with Gasteiger partial charge in [0.2, 0.25) is 0 Å². The van der Waals surface area contributed by atoms with E-state index in [0.717, 1.165) is 18.6 Å². The maximum Gasteiger partial charge on any atom is 0.276 e. The summed E-state index contributed by atoms with van der Waals surface area (Å²) < 4.78 is 5.86. The van der Waals surface area contributed by atoms with Crippen molar-refractivity contribution in [2.75, 3.05) is 7.05 Å². The van der Waals surface area contributed by atoms with Crippen LogP contribution in [0.1, 0.15) is 42.5 Å². The van der Waals surface area contributed by atoms with Crippen LogP contribution in [-0.2, 0) is 0 Å². The van der Waals surface area contributed by atoms with Crippen LogP contribution >= 0.6 is 0 Å². The molecule has 0 radical (unpaired) electrons. The summed E-state index contributed by atoms with van der Waals surface area (Å²) in [5.74, 6) is 0.373. The molecule has 1 fully saturated rings. The normalized spacial score (nSPS) is 16.3. The molecule has 0 spiro atoms. The highest BCUT2D eigenvalue weighted by atomic mass is 16.5. The number of nitrogens with zero attached hydrogens (tertiary/aromatic N) is 1. The highest BCUT2D eigenvalue weighted by molar-refractivity contribution is 5.93. The van der Waals surface area contributed by atoms with Crippen LogP contribution in [0, 0.1) is 0 Å². The van der Waals surface area contributed by atoms with Gasteiger partial charge < -0.3 is 4.74 Å². The van der Waals surface area contributed by atoms with Crippen LogP contribution in [0.4, 0.5) is 0 Å². The molecule has 1 aromatic rings. The first kappa shape index (κ1) is 12.9. The molecule has 0 saturated heterocycles. The van der Waals surface area contributed by atoms with Crippen molar-refractivity contribution in [2.45, 2.75) is 38.2 Å². The maximum absolute atomic E-state index is 11.5. The number of ether oxygens (including phenoxy) is 1. The molecule has 1 aromatic carbocycles. The fourth-order valence-electron chi connectivity index (χ4n) is 2.24. The van der Waals surface area contributed by atoms with Crippen LogP contribution in [0.25, 0.3) is 0 Å². The summed E-state index contributed by atoms with van der Waals surface area (Å²) in [5.41, 5.74) is 0.455. The second-order valence-corrected chi connectivity index (χ2v) is 4.73. The third kappa shape index (κ3) is 3.23. The molecule has 4 nitrogen and oxygen atoms in total. The lowest BCUT2D eigenvalue weighted by Crippen LogP contribution is -2.22. The van der Waals surface area contributed by atoms with E-state index in [4.69, 9.17) is 9.94 Å². The van der Waals surface area contributed by atoms with E-state index in [1.165, 1.54) is 26.3 Å². The second-order valence-electron chi connectivity index (χ2n) is 4.73. The lowest BCUT2D eigenvalue weighted by atomic mass is 9.98. The van der Waals surface area contributed by atoms with Crippen molar-refractivity contribution in [2.24, 2.45) is 0 Å². The van der Waals surface area contributed by atoms with E-state index in [1.807, 2.05) is 0 Å². The van der Waals surface area contributed by atoms with Crippen molar-refractivity contribution in [3.05, 3.63) is 29.8 Å². The number of amides is 1. The molecule has 1 amide bonds. The summed E-state index contributed by atoms with van der Waals surface area (Å²) in [4.78, 5) is 11.5. The van der Waals surface area contributed by atoms with E-state index < -0.39 is 5.91 Å². The van der Waals surface area contributed by atoms with Crippen molar-refractivity contribution in [3.8, 4) is 5.75 Å². The van der Waals surface area contributed by atoms with Crippen LogP contribution < -0.4 is 4.74 Å². The molecule has 0 unspecified atom stereocenters. The minimum absolute atomic E-state index is 0.306. The lowest BCUT2D eigenvalue weighted by molar-refractivity contribution is -0.0374. The van der Waals surface area contributed by atoms with Crippen molar-refractivity contribution >= 4 is 5.91 Å². The van der Waals surface area contributed by atoms with Gasteiger partial charge in [-0.1, -0.05) is 6.42 Å². The SMILES string of the molecule is CN(O)C(=O)c1ccc(OC2CCCCC2)cc1. The highest BCUT2D eigenvalue weighted by Crippen LogP contribution is 2.23. The van der Waals surface area contributed by atoms with Crippen molar-refractivity contribution in [1.82, 2.24) is 5.06 Å². The molecule has 1 N–H and O–H groups in total. The Bertz CT molecular complexity index is 394. The first-order valence-electron chi connectivity index (χ1n) is 6.40. The Labute approximate surface area is 107 Å². The van der Waals surface area contributed by atoms with Crippen LogP contribution in [0.5, 0.6) is 5.75 Å². The third-order valence-corrected chi connectivity index (χ3v) is 3.25. The molecule has 0 aromatic heterocycles. The average Bonchev–Trinajstić information content (AvgIpc) is 2.40. The topological polar surface area (TPSA) is 49.8 Å². The molecule has 0 heterocycles. The maximum atomic E-state index is 11.5. The predicted molar refractivity (Wildman–Crippen MR) is 67.8 cm³/mol. The quantitative estimate of drug-likeness (QED) is 0.662. The summed E-state index contributed by atoms with van der Waals surface area (Å²) in [6, 6.07) is 6.91. The first-order chi connectivity index (χ1) is 8.66. The van der Waals surface area contributed by atoms with Gasteiger partial charge in [-0.15, -0.1) is 0 Å². The number of carbonyl (C=O) groups is 1. The van der Waals surface area contributed by atoms with Crippen LogP contribution in [-0.4, -0.2) is 29.3 Å². The van der Waals surface area contributed by atoms with Gasteiger partial charge in [-0.3, -0.25) is 10.0 Å². The van der Waals surface area contributed by atoms with E-state index in [0.29, 0.717) is 16.7 Å². The smallest absolute Gasteiger partial charge is 0.276 e. The lowest BCUT2D eigenvalue weighted by Gasteiger charge is -2.23. The van der Waals surface area contributed by atoms with Gasteiger partial charge in [-0.05, 0) is 49.9 Å². The molecule has 1 saturated carbocycles. The van der Waals surface area contributed by atoms with Gasteiger partial charge in [0.15, 0.2) is 0 Å². The van der Waals surface area contributed by atoms with Gasteiger partial charge in [-0.25, -0.2) is 5.06 Å². The van der Waals surface area contributed by atoms with Gasteiger partial charge >= 0.3 is 0 Å². The van der Waals surface area contributed by atoms with E-state index in [-0.39, 0.29) is 0 Å². The molecular formula is C14H19NO3. The molecule has 2 rings (SSSR count). The third-order valence-electron chi connectivity index (χ3n) is 3.25. The van der Waals surface area contributed by atoms with Gasteiger partial charge in [0, 0.05) is 12.6 Å². The fourth-order valence-corrected chi connectivity index (χ4v) is 2.24. The zero-order valence-electron chi connectivity index (χ0n) is 10.6. The van der Waals surface area contributed by atoms with Gasteiger partial charge in [-0.2, -0.15) is 0 Å². The van der Waals surface area contributed by atoms with Crippen LogP contribution in [0.2, 0.25) is 0 Å². The van der Waals surface area contributed by atoms with Crippen molar-refractivity contribution in [1.29, 1.82) is 0 Å². The van der Waals surface area contributed by atoms with Crippen LogP contribution in [0.15, 0.2) is 24.3 Å². The summed E-state index contributed by atoms with van der Waals surface area (Å²) in [6.07, 6.45) is 6.30. The molecule has 0 bridgehead atoms. The Hall–Kier alpha value is -1.55. The van der Waals surface area contributed by atoms with Gasteiger partial charge in [0.05, 0.1) is 6.10 Å². The molecule has 18 heavy (non-hydrogen) atoms. The van der Waals surface area contributed by atoms with E-state index in [2.05, 4.69) is 0 Å². The monoisotopic (exact) mass is 249 g/mol. The first-order valence-corrected chi connectivity index (χ1v) is 6.40. The zero-order chi connectivity index (χ0) is 13.0. The number of benzene rings is 1. The van der Waals surface area contributed by atoms with E-state index in [9.17, 15) is 4.79 Å². The molecule has 98 valence electrons. The van der Waals surface area contributed by atoms with E-state index >= 15 is 0 Å². The van der Waals surface area contributed by atoms with Crippen molar-refractivity contribution < 1.29 is 14.7 Å². The van der Waals surface area contributed by atoms with Crippen molar-refractivity contribution in [3.63, 3.8) is 0 Å². The minimum Gasteiger partial charge on any atom is -0.490 e. The number of rotatable bonds is 3. The summed E-state index contributed by atoms with van der Waals surface area (Å²) in [6.45, 7) is 0. The Morgan fingerprint density at radius 3 is 2.39 bits per heavy atom. The molecule has 4 heteroatoms. The Balaban J connectivity index is 1.96. The second kappa shape index (κ2) is 5.87. The predicted octanol–water partition coefficient (Wildman–Crippen LogP) is 2.86. The average molecular weight is 249 g/mol. The summed E-state index contributed by atoms with van der Waals surface area (Å²) in [7, 11) is 1.31. The number of hydrogen-bond acceptors (Lipinski definition) is 3. The molecule has 0 atom stereocenters. The summed E-state index contributed by atoms with van der Waals surface area (Å²) >= 11 is 0. The van der Waals surface area contributed by atoms with Crippen LogP contribution in [0.3, 0.4) is 0 Å². The standard InChI is InChI=1S/C14H19NO3/c1-15(17)14(16)11-7-9-13(10-8-11)18-12-5-3-2-4-6-12/h7-10,12,17H,2-6H2,1H3. The highest BCUT2D eigenvalue weighted by Gasteiger charge is 2.15. The Morgan fingerprint density at radius 2 is 1.83 bits per heavy atom. The number of hydroxylamine groups is 2. The van der Waals surface area contributed by atoms with Gasteiger partial charge in [0.1, 0.15) is 5.75 Å². The van der Waals surface area contributed by atoms with E-state index in [1.54, 1.807) is 24.3 Å². The largest absolute Gasteiger partial charge is 0.490 e. The molecule has 1 aliphatic carbocycles. The molecule has 0 aliphatic heterocycles. The van der Waals surface area contributed by atoms with Gasteiger partial charge in [0.25, 0.3) is 5.91 Å². The minimum atomic E-state index is -0.417. The Kier molecular flexibility index (Phi) is 4.20. The number of hydrogen-bond donors (Lipinski definition) is 1. The number of carbonyl (C=O) groups excluding carboxylic acids is 1. The zero-order valence-corrected chi connectivity index (χ0v) is 10.6. The Morgan fingerprint density at radius 1 is 1.22 bits per heavy atom. The summed E-state index contributed by atoms with van der Waals surface area (Å²) in [5, 5.41) is 9.64.